The van der Waals surface area contributed by atoms with Crippen molar-refractivity contribution in [3.8, 4) is 6.07 Å². The van der Waals surface area contributed by atoms with Crippen LogP contribution in [0.15, 0.2) is 67.3 Å². The second-order valence-electron chi connectivity index (χ2n) is 5.53. The zero-order valence-corrected chi connectivity index (χ0v) is 13.2. The fraction of sp³-hybridized carbons (Fsp3) is 0.250. The van der Waals surface area contributed by atoms with Crippen LogP contribution in [-0.4, -0.2) is 29.6 Å². The third-order valence-electron chi connectivity index (χ3n) is 3.80. The molecule has 1 atom stereocenters. The van der Waals surface area contributed by atoms with Crippen LogP contribution in [0.25, 0.3) is 0 Å². The summed E-state index contributed by atoms with van der Waals surface area (Å²) in [6.07, 6.45) is 2.23. The quantitative estimate of drug-likeness (QED) is 0.761. The third-order valence-corrected chi connectivity index (χ3v) is 3.80. The van der Waals surface area contributed by atoms with E-state index >= 15 is 0 Å². The monoisotopic (exact) mass is 306 g/mol. The number of hydrogen-bond donors (Lipinski definition) is 1. The molecule has 0 bridgehead atoms. The first kappa shape index (κ1) is 17.0. The molecule has 1 N–H and O–H groups in total. The van der Waals surface area contributed by atoms with Crippen LogP contribution in [0.4, 0.5) is 0 Å². The molecule has 3 heteroatoms. The first-order valence-corrected chi connectivity index (χ1v) is 7.78. The van der Waals surface area contributed by atoms with Gasteiger partial charge in [-0.3, -0.25) is 4.90 Å². The van der Waals surface area contributed by atoms with Crippen molar-refractivity contribution in [2.75, 3.05) is 19.6 Å². The molecule has 0 aliphatic heterocycles. The van der Waals surface area contributed by atoms with Crippen LogP contribution in [0, 0.1) is 11.3 Å². The molecule has 0 amide bonds. The molecule has 0 spiro atoms. The molecular formula is C20H22N2O. The fourth-order valence-corrected chi connectivity index (χ4v) is 2.50. The van der Waals surface area contributed by atoms with E-state index in [-0.39, 0.29) is 0 Å². The number of hydrogen-bond acceptors (Lipinski definition) is 3. The normalized spacial score (nSPS) is 11.9. The van der Waals surface area contributed by atoms with E-state index in [4.69, 9.17) is 5.26 Å². The average Bonchev–Trinajstić information content (AvgIpc) is 2.61. The second-order valence-corrected chi connectivity index (χ2v) is 5.53. The second kappa shape index (κ2) is 8.89. The predicted octanol–water partition coefficient (Wildman–Crippen LogP) is 3.32. The van der Waals surface area contributed by atoms with Gasteiger partial charge in [0, 0.05) is 19.6 Å². The van der Waals surface area contributed by atoms with Crippen LogP contribution in [-0.2, 0) is 6.42 Å². The van der Waals surface area contributed by atoms with Crippen LogP contribution >= 0.6 is 0 Å². The van der Waals surface area contributed by atoms with Gasteiger partial charge in [0.25, 0.3) is 0 Å². The molecule has 0 aliphatic rings. The lowest BCUT2D eigenvalue weighted by Gasteiger charge is -2.24. The van der Waals surface area contributed by atoms with Crippen molar-refractivity contribution < 1.29 is 5.11 Å². The van der Waals surface area contributed by atoms with E-state index in [2.05, 4.69) is 29.7 Å². The van der Waals surface area contributed by atoms with Crippen molar-refractivity contribution in [1.82, 2.24) is 4.90 Å². The minimum absolute atomic E-state index is 0.546. The van der Waals surface area contributed by atoms with E-state index in [1.54, 1.807) is 12.1 Å². The standard InChI is InChI=1S/C20H22N2O/c1-2-13-22(14-12-17-6-4-3-5-7-17)16-20(23)19-10-8-18(15-21)9-11-19/h2-11,20,23H,1,12-14,16H2. The number of aliphatic hydroxyl groups is 1. The molecule has 0 fully saturated rings. The van der Waals surface area contributed by atoms with Crippen LogP contribution in [0.3, 0.4) is 0 Å². The van der Waals surface area contributed by atoms with Gasteiger partial charge in [0.1, 0.15) is 0 Å². The lowest BCUT2D eigenvalue weighted by atomic mass is 10.1. The molecule has 3 nitrogen and oxygen atoms in total. The SMILES string of the molecule is C=CCN(CCc1ccccc1)CC(O)c1ccc(C#N)cc1. The van der Waals surface area contributed by atoms with E-state index < -0.39 is 6.10 Å². The zero-order valence-electron chi connectivity index (χ0n) is 13.2. The summed E-state index contributed by atoms with van der Waals surface area (Å²) < 4.78 is 0. The summed E-state index contributed by atoms with van der Waals surface area (Å²) in [7, 11) is 0. The molecule has 23 heavy (non-hydrogen) atoms. The Kier molecular flexibility index (Phi) is 6.56. The summed E-state index contributed by atoms with van der Waals surface area (Å²) in [6.45, 7) is 5.95. The van der Waals surface area contributed by atoms with E-state index in [0.29, 0.717) is 12.1 Å². The molecule has 2 aromatic carbocycles. The third kappa shape index (κ3) is 5.37. The van der Waals surface area contributed by atoms with Gasteiger partial charge >= 0.3 is 0 Å². The Morgan fingerprint density at radius 1 is 1.13 bits per heavy atom. The largest absolute Gasteiger partial charge is 0.387 e. The lowest BCUT2D eigenvalue weighted by Crippen LogP contribution is -2.31. The molecule has 0 radical (unpaired) electrons. The molecular weight excluding hydrogens is 284 g/mol. The maximum absolute atomic E-state index is 10.4. The van der Waals surface area contributed by atoms with E-state index in [1.807, 2.05) is 36.4 Å². The number of nitriles is 1. The molecule has 0 aromatic heterocycles. The predicted molar refractivity (Wildman–Crippen MR) is 92.9 cm³/mol. The summed E-state index contributed by atoms with van der Waals surface area (Å²) in [4.78, 5) is 2.18. The van der Waals surface area contributed by atoms with Gasteiger partial charge in [-0.15, -0.1) is 6.58 Å². The first-order valence-electron chi connectivity index (χ1n) is 7.78. The summed E-state index contributed by atoms with van der Waals surface area (Å²) in [6, 6.07) is 19.5. The van der Waals surface area contributed by atoms with E-state index in [9.17, 15) is 5.11 Å². The lowest BCUT2D eigenvalue weighted by molar-refractivity contribution is 0.120. The maximum Gasteiger partial charge on any atom is 0.0991 e. The van der Waals surface area contributed by atoms with Crippen molar-refractivity contribution in [3.05, 3.63) is 83.9 Å². The van der Waals surface area contributed by atoms with Gasteiger partial charge in [0.2, 0.25) is 0 Å². The van der Waals surface area contributed by atoms with E-state index in [1.165, 1.54) is 5.56 Å². The minimum Gasteiger partial charge on any atom is -0.387 e. The van der Waals surface area contributed by atoms with Crippen LogP contribution in [0.1, 0.15) is 22.8 Å². The van der Waals surface area contributed by atoms with Gasteiger partial charge in [-0.1, -0.05) is 48.5 Å². The number of nitrogens with zero attached hydrogens (tertiary/aromatic N) is 2. The zero-order chi connectivity index (χ0) is 16.5. The van der Waals surface area contributed by atoms with Crippen molar-refractivity contribution in [3.63, 3.8) is 0 Å². The smallest absolute Gasteiger partial charge is 0.0991 e. The Bertz CT molecular complexity index is 644. The highest BCUT2D eigenvalue weighted by atomic mass is 16.3. The summed E-state index contributed by atoms with van der Waals surface area (Å²) >= 11 is 0. The fourth-order valence-electron chi connectivity index (χ4n) is 2.50. The molecule has 2 aromatic rings. The molecule has 0 aliphatic carbocycles. The summed E-state index contributed by atoms with van der Waals surface area (Å²) in [5, 5.41) is 19.2. The van der Waals surface area contributed by atoms with Gasteiger partial charge in [-0.2, -0.15) is 5.26 Å². The Morgan fingerprint density at radius 2 is 1.83 bits per heavy atom. The van der Waals surface area contributed by atoms with Crippen molar-refractivity contribution in [1.29, 1.82) is 5.26 Å². The number of benzene rings is 2. The van der Waals surface area contributed by atoms with E-state index in [0.717, 1.165) is 25.1 Å². The first-order chi connectivity index (χ1) is 11.2. The Balaban J connectivity index is 1.94. The molecule has 118 valence electrons. The number of rotatable bonds is 8. The molecule has 0 saturated carbocycles. The van der Waals surface area contributed by atoms with Crippen LogP contribution in [0.2, 0.25) is 0 Å². The highest BCUT2D eigenvalue weighted by Gasteiger charge is 2.13. The minimum atomic E-state index is -0.571. The van der Waals surface area contributed by atoms with Gasteiger partial charge in [0.05, 0.1) is 17.7 Å². The van der Waals surface area contributed by atoms with Crippen molar-refractivity contribution in [2.24, 2.45) is 0 Å². The highest BCUT2D eigenvalue weighted by molar-refractivity contribution is 5.32. The Hall–Kier alpha value is -2.41. The van der Waals surface area contributed by atoms with Crippen molar-refractivity contribution in [2.45, 2.75) is 12.5 Å². The highest BCUT2D eigenvalue weighted by Crippen LogP contribution is 2.15. The Labute approximate surface area is 138 Å². The Morgan fingerprint density at radius 3 is 2.43 bits per heavy atom. The summed E-state index contributed by atoms with van der Waals surface area (Å²) in [5.74, 6) is 0. The van der Waals surface area contributed by atoms with Gasteiger partial charge < -0.3 is 5.11 Å². The van der Waals surface area contributed by atoms with Gasteiger partial charge in [-0.25, -0.2) is 0 Å². The molecule has 2 rings (SSSR count). The van der Waals surface area contributed by atoms with Crippen LogP contribution in [0.5, 0.6) is 0 Å². The number of aliphatic hydroxyl groups excluding tert-OH is 1. The summed E-state index contributed by atoms with van der Waals surface area (Å²) in [5.41, 5.74) is 2.72. The van der Waals surface area contributed by atoms with Gasteiger partial charge in [-0.05, 0) is 29.7 Å². The van der Waals surface area contributed by atoms with Crippen LogP contribution < -0.4 is 0 Å². The van der Waals surface area contributed by atoms with Crippen molar-refractivity contribution >= 4 is 0 Å². The molecule has 0 saturated heterocycles. The average molecular weight is 306 g/mol. The molecule has 0 heterocycles. The maximum atomic E-state index is 10.4. The molecule has 1 unspecified atom stereocenters. The topological polar surface area (TPSA) is 47.3 Å². The van der Waals surface area contributed by atoms with Gasteiger partial charge in [0.15, 0.2) is 0 Å².